The van der Waals surface area contributed by atoms with E-state index in [2.05, 4.69) is 5.10 Å². The highest BCUT2D eigenvalue weighted by molar-refractivity contribution is 6.31. The van der Waals surface area contributed by atoms with E-state index in [0.717, 1.165) is 16.9 Å². The summed E-state index contributed by atoms with van der Waals surface area (Å²) in [6, 6.07) is 6.66. The minimum atomic E-state index is 0.210. The predicted molar refractivity (Wildman–Crippen MR) is 64.5 cm³/mol. The van der Waals surface area contributed by atoms with Crippen molar-refractivity contribution in [2.24, 2.45) is 0 Å². The molecule has 1 aromatic heterocycles. The van der Waals surface area contributed by atoms with E-state index in [0.29, 0.717) is 11.0 Å². The van der Waals surface area contributed by atoms with Crippen LogP contribution < -0.4 is 0 Å². The molecule has 1 aromatic carbocycles. The van der Waals surface area contributed by atoms with Crippen molar-refractivity contribution in [1.82, 2.24) is 9.78 Å². The Kier molecular flexibility index (Phi) is 3.08. The molecular weight excluding hydrogens is 247 g/mol. The van der Waals surface area contributed by atoms with Crippen LogP contribution in [-0.4, -0.2) is 14.9 Å². The summed E-state index contributed by atoms with van der Waals surface area (Å²) in [7, 11) is 0. The van der Waals surface area contributed by atoms with Gasteiger partial charge in [-0.15, -0.1) is 11.6 Å². The average Bonchev–Trinajstić information content (AvgIpc) is 2.55. The summed E-state index contributed by atoms with van der Waals surface area (Å²) in [5.74, 6) is 0.546. The van der Waals surface area contributed by atoms with Gasteiger partial charge in [0.1, 0.15) is 10.9 Å². The summed E-state index contributed by atoms with van der Waals surface area (Å²) in [6.07, 6.45) is 0. The van der Waals surface area contributed by atoms with Crippen LogP contribution in [0.5, 0.6) is 5.75 Å². The van der Waals surface area contributed by atoms with Gasteiger partial charge in [0.15, 0.2) is 0 Å². The molecule has 0 radical (unpaired) electrons. The van der Waals surface area contributed by atoms with Crippen molar-refractivity contribution in [3.05, 3.63) is 40.7 Å². The first kappa shape index (κ1) is 11.3. The van der Waals surface area contributed by atoms with Crippen LogP contribution >= 0.6 is 23.2 Å². The minimum absolute atomic E-state index is 0.210. The van der Waals surface area contributed by atoms with Crippen molar-refractivity contribution in [3.63, 3.8) is 0 Å². The Morgan fingerprint density at radius 1 is 1.31 bits per heavy atom. The largest absolute Gasteiger partial charge is 0.508 e. The molecule has 84 valence electrons. The fraction of sp³-hybridized carbons (Fsp3) is 0.182. The molecule has 0 fully saturated rings. The molecule has 16 heavy (non-hydrogen) atoms. The highest BCUT2D eigenvalue weighted by Gasteiger charge is 2.13. The second kappa shape index (κ2) is 4.36. The molecule has 2 aromatic rings. The SMILES string of the molecule is Cc1nn(-c2ccc(O)cc2)c(Cl)c1CCl. The van der Waals surface area contributed by atoms with Crippen LogP contribution in [-0.2, 0) is 5.88 Å². The van der Waals surface area contributed by atoms with Gasteiger partial charge in [0.05, 0.1) is 17.3 Å². The van der Waals surface area contributed by atoms with Crippen molar-refractivity contribution in [2.75, 3.05) is 0 Å². The number of rotatable bonds is 2. The zero-order valence-electron chi connectivity index (χ0n) is 8.61. The van der Waals surface area contributed by atoms with E-state index in [9.17, 15) is 5.11 Å². The van der Waals surface area contributed by atoms with Crippen LogP contribution in [0.2, 0.25) is 5.15 Å². The van der Waals surface area contributed by atoms with Crippen molar-refractivity contribution in [2.45, 2.75) is 12.8 Å². The van der Waals surface area contributed by atoms with Gasteiger partial charge in [0.2, 0.25) is 0 Å². The lowest BCUT2D eigenvalue weighted by molar-refractivity contribution is 0.475. The quantitative estimate of drug-likeness (QED) is 0.838. The third kappa shape index (κ3) is 1.88. The predicted octanol–water partition coefficient (Wildman–Crippen LogP) is 3.28. The fourth-order valence-electron chi connectivity index (χ4n) is 1.45. The van der Waals surface area contributed by atoms with Crippen LogP contribution in [0.3, 0.4) is 0 Å². The lowest BCUT2D eigenvalue weighted by Crippen LogP contribution is -1.96. The van der Waals surface area contributed by atoms with Gasteiger partial charge in [-0.3, -0.25) is 0 Å². The highest BCUT2D eigenvalue weighted by atomic mass is 35.5. The number of nitrogens with zero attached hydrogens (tertiary/aromatic N) is 2. The first-order valence-corrected chi connectivity index (χ1v) is 5.64. The van der Waals surface area contributed by atoms with Gasteiger partial charge in [-0.25, -0.2) is 4.68 Å². The second-order valence-electron chi connectivity index (χ2n) is 3.42. The Hall–Kier alpha value is -1.19. The first-order valence-electron chi connectivity index (χ1n) is 4.73. The van der Waals surface area contributed by atoms with E-state index in [4.69, 9.17) is 23.2 Å². The summed E-state index contributed by atoms with van der Waals surface area (Å²) in [6.45, 7) is 1.86. The first-order chi connectivity index (χ1) is 7.63. The zero-order chi connectivity index (χ0) is 11.7. The van der Waals surface area contributed by atoms with Gasteiger partial charge < -0.3 is 5.11 Å². The second-order valence-corrected chi connectivity index (χ2v) is 4.04. The maximum absolute atomic E-state index is 9.20. The zero-order valence-corrected chi connectivity index (χ0v) is 10.1. The molecule has 0 aliphatic heterocycles. The molecule has 0 atom stereocenters. The van der Waals surface area contributed by atoms with Gasteiger partial charge >= 0.3 is 0 Å². The van der Waals surface area contributed by atoms with Crippen LogP contribution in [0.1, 0.15) is 11.3 Å². The van der Waals surface area contributed by atoms with Crippen LogP contribution in [0.4, 0.5) is 0 Å². The topological polar surface area (TPSA) is 38.0 Å². The van der Waals surface area contributed by atoms with E-state index in [1.165, 1.54) is 0 Å². The number of aromatic hydroxyl groups is 1. The maximum atomic E-state index is 9.20. The summed E-state index contributed by atoms with van der Waals surface area (Å²) < 4.78 is 1.61. The summed E-state index contributed by atoms with van der Waals surface area (Å²) in [5.41, 5.74) is 2.44. The lowest BCUT2D eigenvalue weighted by Gasteiger charge is -2.03. The third-order valence-corrected chi connectivity index (χ3v) is 3.01. The van der Waals surface area contributed by atoms with E-state index >= 15 is 0 Å². The maximum Gasteiger partial charge on any atom is 0.137 e. The molecule has 0 saturated heterocycles. The Bertz CT molecular complexity index is 505. The highest BCUT2D eigenvalue weighted by Crippen LogP contribution is 2.25. The Morgan fingerprint density at radius 2 is 1.94 bits per heavy atom. The third-order valence-electron chi connectivity index (χ3n) is 2.35. The van der Waals surface area contributed by atoms with Crippen molar-refractivity contribution < 1.29 is 5.11 Å². The average molecular weight is 257 g/mol. The number of hydrogen-bond acceptors (Lipinski definition) is 2. The number of phenolic OH excluding ortho intramolecular Hbond substituents is 1. The van der Waals surface area contributed by atoms with Gasteiger partial charge in [-0.1, -0.05) is 11.6 Å². The van der Waals surface area contributed by atoms with Gasteiger partial charge in [-0.05, 0) is 31.2 Å². The molecule has 5 heteroatoms. The lowest BCUT2D eigenvalue weighted by atomic mass is 10.3. The van der Waals surface area contributed by atoms with Crippen LogP contribution in [0, 0.1) is 6.92 Å². The standard InChI is InChI=1S/C11H10Cl2N2O/c1-7-10(6-12)11(13)15(14-7)8-2-4-9(16)5-3-8/h2-5,16H,6H2,1H3. The van der Waals surface area contributed by atoms with E-state index in [-0.39, 0.29) is 5.75 Å². The normalized spacial score (nSPS) is 10.7. The molecule has 0 amide bonds. The number of halogens is 2. The smallest absolute Gasteiger partial charge is 0.137 e. The number of alkyl halides is 1. The van der Waals surface area contributed by atoms with Crippen molar-refractivity contribution >= 4 is 23.2 Å². The minimum Gasteiger partial charge on any atom is -0.508 e. The van der Waals surface area contributed by atoms with Crippen LogP contribution in [0.15, 0.2) is 24.3 Å². The molecule has 2 rings (SSSR count). The summed E-state index contributed by atoms with van der Waals surface area (Å²) >= 11 is 11.9. The number of aromatic nitrogens is 2. The fourth-order valence-corrected chi connectivity index (χ4v) is 2.18. The molecule has 0 aliphatic carbocycles. The molecular formula is C11H10Cl2N2O. The monoisotopic (exact) mass is 256 g/mol. The van der Waals surface area contributed by atoms with E-state index in [1.807, 2.05) is 6.92 Å². The Balaban J connectivity index is 2.52. The van der Waals surface area contributed by atoms with Gasteiger partial charge in [0, 0.05) is 5.56 Å². The van der Waals surface area contributed by atoms with E-state index < -0.39 is 0 Å². The number of phenols is 1. The summed E-state index contributed by atoms with van der Waals surface area (Å²) in [4.78, 5) is 0. The number of benzene rings is 1. The van der Waals surface area contributed by atoms with E-state index in [1.54, 1.807) is 28.9 Å². The molecule has 1 N–H and O–H groups in total. The van der Waals surface area contributed by atoms with Gasteiger partial charge in [-0.2, -0.15) is 5.10 Å². The molecule has 0 spiro atoms. The Labute approximate surface area is 103 Å². The molecule has 1 heterocycles. The Morgan fingerprint density at radius 3 is 2.44 bits per heavy atom. The molecule has 3 nitrogen and oxygen atoms in total. The van der Waals surface area contributed by atoms with Crippen molar-refractivity contribution in [3.8, 4) is 11.4 Å². The molecule has 0 bridgehead atoms. The molecule has 0 saturated carbocycles. The molecule has 0 unspecified atom stereocenters. The number of hydrogen-bond donors (Lipinski definition) is 1. The molecule has 0 aliphatic rings. The summed E-state index contributed by atoms with van der Waals surface area (Å²) in [5, 5.41) is 14.0. The number of aryl methyl sites for hydroxylation is 1. The van der Waals surface area contributed by atoms with Crippen molar-refractivity contribution in [1.29, 1.82) is 0 Å². The van der Waals surface area contributed by atoms with Gasteiger partial charge in [0.25, 0.3) is 0 Å². The van der Waals surface area contributed by atoms with Crippen LogP contribution in [0.25, 0.3) is 5.69 Å².